The first-order valence-electron chi connectivity index (χ1n) is 8.00. The number of hydrogen-bond acceptors (Lipinski definition) is 4. The normalized spacial score (nSPS) is 11.5. The standard InChI is InChI=1S/C18H18N4S2/c1-2-6-14-13(5-1)19-17(20-14)9-11-23-24-12-10-18-21-15-7-3-4-8-16(15)22-18/h1-8H,9-12H2,(H,19,20)(H,21,22). The van der Waals surface area contributed by atoms with Crippen molar-refractivity contribution in [3.63, 3.8) is 0 Å². The van der Waals surface area contributed by atoms with E-state index in [1.807, 2.05) is 58.0 Å². The lowest BCUT2D eigenvalue weighted by Crippen LogP contribution is -1.92. The van der Waals surface area contributed by atoms with Gasteiger partial charge in [0, 0.05) is 24.3 Å². The first kappa shape index (κ1) is 15.6. The molecule has 0 aliphatic carbocycles. The molecule has 0 aliphatic heterocycles. The van der Waals surface area contributed by atoms with E-state index in [1.165, 1.54) is 0 Å². The van der Waals surface area contributed by atoms with Crippen LogP contribution >= 0.6 is 21.6 Å². The van der Waals surface area contributed by atoms with E-state index in [9.17, 15) is 0 Å². The maximum Gasteiger partial charge on any atom is 0.108 e. The van der Waals surface area contributed by atoms with Gasteiger partial charge in [-0.25, -0.2) is 9.97 Å². The molecule has 6 heteroatoms. The number of fused-ring (bicyclic) bond motifs is 2. The van der Waals surface area contributed by atoms with Crippen molar-refractivity contribution in [2.24, 2.45) is 0 Å². The fraction of sp³-hybridized carbons (Fsp3) is 0.222. The van der Waals surface area contributed by atoms with Crippen molar-refractivity contribution in [3.05, 3.63) is 60.2 Å². The number of aromatic amines is 2. The van der Waals surface area contributed by atoms with Gasteiger partial charge in [-0.05, 0) is 24.3 Å². The van der Waals surface area contributed by atoms with E-state index in [0.29, 0.717) is 0 Å². The van der Waals surface area contributed by atoms with Crippen LogP contribution in [0.1, 0.15) is 11.6 Å². The summed E-state index contributed by atoms with van der Waals surface area (Å²) in [6.07, 6.45) is 1.94. The van der Waals surface area contributed by atoms with Crippen LogP contribution in [-0.4, -0.2) is 31.4 Å². The molecule has 4 rings (SSSR count). The summed E-state index contributed by atoms with van der Waals surface area (Å²) in [6, 6.07) is 16.3. The molecule has 2 aromatic carbocycles. The molecule has 0 amide bonds. The summed E-state index contributed by atoms with van der Waals surface area (Å²) in [6.45, 7) is 0. The van der Waals surface area contributed by atoms with Gasteiger partial charge in [-0.1, -0.05) is 45.9 Å². The summed E-state index contributed by atoms with van der Waals surface area (Å²) >= 11 is 0. The fourth-order valence-corrected chi connectivity index (χ4v) is 4.64. The number of aromatic nitrogens is 4. The lowest BCUT2D eigenvalue weighted by Gasteiger charge is -1.99. The van der Waals surface area contributed by atoms with Crippen LogP contribution in [0.4, 0.5) is 0 Å². The van der Waals surface area contributed by atoms with Gasteiger partial charge in [0.25, 0.3) is 0 Å². The van der Waals surface area contributed by atoms with Gasteiger partial charge in [0.2, 0.25) is 0 Å². The average molecular weight is 355 g/mol. The van der Waals surface area contributed by atoms with Crippen molar-refractivity contribution in [3.8, 4) is 0 Å². The van der Waals surface area contributed by atoms with Gasteiger partial charge in [0.1, 0.15) is 11.6 Å². The molecule has 0 radical (unpaired) electrons. The molecule has 2 heterocycles. The number of imidazole rings is 2. The third-order valence-corrected chi connectivity index (χ3v) is 6.21. The lowest BCUT2D eigenvalue weighted by atomic mass is 10.3. The van der Waals surface area contributed by atoms with Gasteiger partial charge >= 0.3 is 0 Å². The SMILES string of the molecule is c1ccc2[nH]c(CCSSCCc3nc4ccccc4[nH]3)nc2c1. The summed E-state index contributed by atoms with van der Waals surface area (Å²) in [4.78, 5) is 16.0. The third-order valence-electron chi connectivity index (χ3n) is 3.80. The Hall–Kier alpha value is -1.92. The van der Waals surface area contributed by atoms with Gasteiger partial charge in [-0.3, -0.25) is 0 Å². The minimum atomic E-state index is 0.969. The van der Waals surface area contributed by atoms with E-state index < -0.39 is 0 Å². The number of para-hydroxylation sites is 4. The van der Waals surface area contributed by atoms with Crippen LogP contribution in [-0.2, 0) is 12.8 Å². The number of aryl methyl sites for hydroxylation is 2. The molecule has 0 saturated heterocycles. The molecular weight excluding hydrogens is 336 g/mol. The number of rotatable bonds is 7. The highest BCUT2D eigenvalue weighted by molar-refractivity contribution is 8.76. The van der Waals surface area contributed by atoms with Crippen molar-refractivity contribution in [2.75, 3.05) is 11.5 Å². The van der Waals surface area contributed by atoms with Crippen molar-refractivity contribution < 1.29 is 0 Å². The van der Waals surface area contributed by atoms with Gasteiger partial charge in [-0.15, -0.1) is 0 Å². The van der Waals surface area contributed by atoms with E-state index in [4.69, 9.17) is 0 Å². The van der Waals surface area contributed by atoms with Crippen molar-refractivity contribution in [2.45, 2.75) is 12.8 Å². The number of nitrogens with zero attached hydrogens (tertiary/aromatic N) is 2. The van der Waals surface area contributed by atoms with E-state index in [2.05, 4.69) is 32.1 Å². The zero-order valence-corrected chi connectivity index (χ0v) is 14.8. The highest BCUT2D eigenvalue weighted by Gasteiger charge is 2.04. The number of benzene rings is 2. The van der Waals surface area contributed by atoms with Crippen molar-refractivity contribution >= 4 is 43.7 Å². The molecule has 4 aromatic rings. The first-order valence-corrected chi connectivity index (χ1v) is 10.5. The number of H-pyrrole nitrogens is 2. The zero-order valence-electron chi connectivity index (χ0n) is 13.2. The molecule has 0 fully saturated rings. The van der Waals surface area contributed by atoms with E-state index >= 15 is 0 Å². The Labute approximate surface area is 148 Å². The third kappa shape index (κ3) is 3.60. The second-order valence-corrected chi connectivity index (χ2v) is 8.25. The Kier molecular flexibility index (Phi) is 4.76. The monoisotopic (exact) mass is 354 g/mol. The molecule has 24 heavy (non-hydrogen) atoms. The van der Waals surface area contributed by atoms with Crippen LogP contribution < -0.4 is 0 Å². The topological polar surface area (TPSA) is 57.4 Å². The largest absolute Gasteiger partial charge is 0.342 e. The van der Waals surface area contributed by atoms with Crippen LogP contribution in [0.2, 0.25) is 0 Å². The van der Waals surface area contributed by atoms with Crippen molar-refractivity contribution in [1.82, 2.24) is 19.9 Å². The highest BCUT2D eigenvalue weighted by Crippen LogP contribution is 2.23. The number of hydrogen-bond donors (Lipinski definition) is 2. The van der Waals surface area contributed by atoms with Crippen LogP contribution in [0.25, 0.3) is 22.1 Å². The second kappa shape index (κ2) is 7.32. The maximum atomic E-state index is 4.61. The lowest BCUT2D eigenvalue weighted by molar-refractivity contribution is 1.01. The fourth-order valence-electron chi connectivity index (χ4n) is 2.64. The molecule has 0 unspecified atom stereocenters. The summed E-state index contributed by atoms with van der Waals surface area (Å²) in [5.41, 5.74) is 4.34. The Bertz CT molecular complexity index is 800. The summed E-state index contributed by atoms with van der Waals surface area (Å²) < 4.78 is 0. The molecule has 122 valence electrons. The van der Waals surface area contributed by atoms with E-state index in [1.54, 1.807) is 0 Å². The molecule has 0 atom stereocenters. The quantitative estimate of drug-likeness (QED) is 0.376. The van der Waals surface area contributed by atoms with Crippen LogP contribution in [0.15, 0.2) is 48.5 Å². The molecule has 0 aliphatic rings. The average Bonchev–Trinajstić information content (AvgIpc) is 3.20. The Morgan fingerprint density at radius 1 is 0.667 bits per heavy atom. The van der Waals surface area contributed by atoms with E-state index in [0.717, 1.165) is 58.1 Å². The zero-order chi connectivity index (χ0) is 16.2. The molecule has 0 saturated carbocycles. The van der Waals surface area contributed by atoms with Crippen molar-refractivity contribution in [1.29, 1.82) is 0 Å². The first-order chi connectivity index (χ1) is 11.9. The predicted molar refractivity (Wildman–Crippen MR) is 105 cm³/mol. The van der Waals surface area contributed by atoms with Gasteiger partial charge < -0.3 is 9.97 Å². The van der Waals surface area contributed by atoms with E-state index in [-0.39, 0.29) is 0 Å². The minimum absolute atomic E-state index is 0.969. The molecule has 0 spiro atoms. The molecule has 4 nitrogen and oxygen atoms in total. The summed E-state index contributed by atoms with van der Waals surface area (Å²) in [5, 5.41) is 0. The Morgan fingerprint density at radius 3 is 1.58 bits per heavy atom. The van der Waals surface area contributed by atoms with Crippen LogP contribution in [0.5, 0.6) is 0 Å². The maximum absolute atomic E-state index is 4.61. The smallest absolute Gasteiger partial charge is 0.108 e. The van der Waals surface area contributed by atoms with Gasteiger partial charge in [0.05, 0.1) is 22.1 Å². The van der Waals surface area contributed by atoms with Gasteiger partial charge in [0.15, 0.2) is 0 Å². The van der Waals surface area contributed by atoms with Crippen LogP contribution in [0.3, 0.4) is 0 Å². The Balaban J connectivity index is 1.20. The number of nitrogens with one attached hydrogen (secondary N) is 2. The summed E-state index contributed by atoms with van der Waals surface area (Å²) in [5.74, 6) is 4.26. The molecular formula is C18H18N4S2. The predicted octanol–water partition coefficient (Wildman–Crippen LogP) is 4.61. The Morgan fingerprint density at radius 2 is 1.12 bits per heavy atom. The molecule has 2 N–H and O–H groups in total. The summed E-state index contributed by atoms with van der Waals surface area (Å²) in [7, 11) is 3.80. The highest BCUT2D eigenvalue weighted by atomic mass is 33.1. The molecule has 0 bridgehead atoms. The van der Waals surface area contributed by atoms with Crippen LogP contribution in [0, 0.1) is 0 Å². The molecule has 2 aromatic heterocycles. The minimum Gasteiger partial charge on any atom is -0.342 e. The second-order valence-electron chi connectivity index (χ2n) is 5.55. The van der Waals surface area contributed by atoms with Gasteiger partial charge in [-0.2, -0.15) is 0 Å².